The normalized spacial score (nSPS) is 16.6. The Hall–Kier alpha value is -2.68. The molecular weight excluding hydrogens is 501 g/mol. The molecule has 38 heavy (non-hydrogen) atoms. The maximum Gasteiger partial charge on any atom is 0.138 e. The molecule has 2 heterocycles. The summed E-state index contributed by atoms with van der Waals surface area (Å²) in [6.45, 7) is 7.04. The van der Waals surface area contributed by atoms with E-state index in [2.05, 4.69) is 127 Å². The van der Waals surface area contributed by atoms with Crippen molar-refractivity contribution in [1.29, 1.82) is 0 Å². The Morgan fingerprint density at radius 2 is 1.34 bits per heavy atom. The second-order valence-electron chi connectivity index (χ2n) is 10.6. The maximum absolute atomic E-state index is 5.64. The van der Waals surface area contributed by atoms with E-state index in [-0.39, 0.29) is 0 Å². The van der Waals surface area contributed by atoms with Crippen molar-refractivity contribution in [1.82, 2.24) is 4.57 Å². The molecule has 0 amide bonds. The minimum atomic E-state index is -0.572. The van der Waals surface area contributed by atoms with Crippen LogP contribution in [0.4, 0.5) is 11.5 Å². The molecule has 0 N–H and O–H groups in total. The molecule has 198 valence electrons. The van der Waals surface area contributed by atoms with Gasteiger partial charge in [-0.05, 0) is 68.0 Å². The quantitative estimate of drug-likeness (QED) is 0.139. The smallest absolute Gasteiger partial charge is 0.138 e. The zero-order valence-corrected chi connectivity index (χ0v) is 24.9. The summed E-state index contributed by atoms with van der Waals surface area (Å²) < 4.78 is 8.07. The lowest BCUT2D eigenvalue weighted by atomic mass is 10.1. The molecular formula is C33H40N3PS. The van der Waals surface area contributed by atoms with Crippen molar-refractivity contribution in [2.75, 3.05) is 15.5 Å². The van der Waals surface area contributed by atoms with Gasteiger partial charge in [0.15, 0.2) is 0 Å². The summed E-state index contributed by atoms with van der Waals surface area (Å²) in [4.78, 5) is 1.20. The van der Waals surface area contributed by atoms with Gasteiger partial charge in [0, 0.05) is 30.7 Å². The SMILES string of the molecule is CCC(=S)CCCP1N([C@@H](C)Cc2ccccc2)c2c(n(C)c3ccccc23)N1[C@@H](C)Cc1ccccc1. The van der Waals surface area contributed by atoms with Crippen LogP contribution in [0.5, 0.6) is 0 Å². The van der Waals surface area contributed by atoms with E-state index < -0.39 is 8.22 Å². The number of aromatic nitrogens is 1. The molecule has 1 aliphatic rings. The molecule has 1 aliphatic heterocycles. The van der Waals surface area contributed by atoms with Gasteiger partial charge in [0.1, 0.15) is 5.82 Å². The highest BCUT2D eigenvalue weighted by molar-refractivity contribution is 7.80. The molecule has 4 aromatic rings. The average molecular weight is 542 g/mol. The molecule has 0 radical (unpaired) electrons. The largest absolute Gasteiger partial charge is 0.328 e. The van der Waals surface area contributed by atoms with Crippen LogP contribution in [-0.2, 0) is 19.9 Å². The van der Waals surface area contributed by atoms with Crippen LogP contribution in [0.1, 0.15) is 51.2 Å². The van der Waals surface area contributed by atoms with E-state index in [9.17, 15) is 0 Å². The zero-order chi connectivity index (χ0) is 26.6. The Bertz CT molecular complexity index is 1370. The van der Waals surface area contributed by atoms with Crippen LogP contribution in [-0.4, -0.2) is 27.7 Å². The summed E-state index contributed by atoms with van der Waals surface area (Å²) in [7, 11) is 1.69. The van der Waals surface area contributed by atoms with Crippen molar-refractivity contribution in [3.63, 3.8) is 0 Å². The molecule has 0 spiro atoms. The molecule has 3 aromatic carbocycles. The lowest BCUT2D eigenvalue weighted by molar-refractivity contribution is 0.715. The first kappa shape index (κ1) is 26.9. The van der Waals surface area contributed by atoms with Crippen LogP contribution in [0.2, 0.25) is 0 Å². The van der Waals surface area contributed by atoms with Gasteiger partial charge in [0.2, 0.25) is 0 Å². The minimum absolute atomic E-state index is 0.386. The standard InChI is InChI=1S/C33H40N3PS/c1-5-29(38)19-14-22-37-35(25(2)23-27-15-8-6-9-16-27)32-30-20-12-13-21-31(30)34(4)33(32)36(37)26(3)24-28-17-10-7-11-18-28/h6-13,15-18,20-21,25-26H,5,14,19,22-24H2,1-4H3/t25-,26-,37?/m0/s1. The maximum atomic E-state index is 5.64. The Morgan fingerprint density at radius 1 is 0.789 bits per heavy atom. The Kier molecular flexibility index (Phi) is 8.51. The van der Waals surface area contributed by atoms with Crippen LogP contribution in [0, 0.1) is 0 Å². The summed E-state index contributed by atoms with van der Waals surface area (Å²) in [5.74, 6) is 1.39. The predicted molar refractivity (Wildman–Crippen MR) is 171 cm³/mol. The summed E-state index contributed by atoms with van der Waals surface area (Å²) in [6.07, 6.45) is 6.43. The molecule has 5 heteroatoms. The number of hydrogen-bond donors (Lipinski definition) is 0. The first-order valence-electron chi connectivity index (χ1n) is 14.0. The summed E-state index contributed by atoms with van der Waals surface area (Å²) in [6, 6.07) is 31.7. The molecule has 0 saturated carbocycles. The van der Waals surface area contributed by atoms with Gasteiger partial charge in [0.05, 0.1) is 19.4 Å². The first-order valence-corrected chi connectivity index (χ1v) is 15.9. The number of benzene rings is 3. The van der Waals surface area contributed by atoms with Gasteiger partial charge in [-0.1, -0.05) is 98.0 Å². The predicted octanol–water partition coefficient (Wildman–Crippen LogP) is 8.94. The van der Waals surface area contributed by atoms with Crippen LogP contribution >= 0.6 is 20.4 Å². The number of rotatable bonds is 11. The van der Waals surface area contributed by atoms with Crippen molar-refractivity contribution in [2.24, 2.45) is 7.05 Å². The Morgan fingerprint density at radius 3 is 1.95 bits per heavy atom. The van der Waals surface area contributed by atoms with Crippen molar-refractivity contribution in [3.05, 3.63) is 96.1 Å². The van der Waals surface area contributed by atoms with E-state index in [0.29, 0.717) is 12.1 Å². The van der Waals surface area contributed by atoms with Crippen LogP contribution in [0.3, 0.4) is 0 Å². The van der Waals surface area contributed by atoms with Gasteiger partial charge >= 0.3 is 0 Å². The average Bonchev–Trinajstić information content (AvgIpc) is 3.42. The minimum Gasteiger partial charge on any atom is -0.328 e. The fourth-order valence-corrected chi connectivity index (χ4v) is 9.13. The van der Waals surface area contributed by atoms with Gasteiger partial charge in [-0.25, -0.2) is 0 Å². The highest BCUT2D eigenvalue weighted by atomic mass is 32.1. The Labute approximate surface area is 235 Å². The van der Waals surface area contributed by atoms with Gasteiger partial charge in [-0.15, -0.1) is 0 Å². The molecule has 0 aliphatic carbocycles. The highest BCUT2D eigenvalue weighted by Crippen LogP contribution is 2.64. The van der Waals surface area contributed by atoms with E-state index in [0.717, 1.165) is 38.3 Å². The lowest BCUT2D eigenvalue weighted by Crippen LogP contribution is -2.36. The molecule has 0 saturated heterocycles. The van der Waals surface area contributed by atoms with E-state index >= 15 is 0 Å². The van der Waals surface area contributed by atoms with E-state index in [4.69, 9.17) is 12.2 Å². The molecule has 1 unspecified atom stereocenters. The van der Waals surface area contributed by atoms with E-state index in [1.165, 1.54) is 38.4 Å². The van der Waals surface area contributed by atoms with Crippen molar-refractivity contribution >= 4 is 47.7 Å². The number of aryl methyl sites for hydroxylation is 1. The molecule has 1 aromatic heterocycles. The number of hydrogen-bond acceptors (Lipinski definition) is 3. The topological polar surface area (TPSA) is 11.4 Å². The van der Waals surface area contributed by atoms with Crippen molar-refractivity contribution in [3.8, 4) is 0 Å². The number of thiocarbonyl (C=S) groups is 1. The zero-order valence-electron chi connectivity index (χ0n) is 23.2. The van der Waals surface area contributed by atoms with Gasteiger partial charge in [-0.3, -0.25) is 0 Å². The number of fused-ring (bicyclic) bond motifs is 3. The third-order valence-corrected chi connectivity index (χ3v) is 11.2. The van der Waals surface area contributed by atoms with Gasteiger partial charge < -0.3 is 13.9 Å². The van der Waals surface area contributed by atoms with Crippen LogP contribution in [0.15, 0.2) is 84.9 Å². The number of para-hydroxylation sites is 1. The van der Waals surface area contributed by atoms with Gasteiger partial charge in [-0.2, -0.15) is 0 Å². The lowest BCUT2D eigenvalue weighted by Gasteiger charge is -2.40. The molecule has 3 nitrogen and oxygen atoms in total. The monoisotopic (exact) mass is 541 g/mol. The molecule has 0 fully saturated rings. The second kappa shape index (κ2) is 12.0. The first-order chi connectivity index (χ1) is 18.5. The Balaban J connectivity index is 1.58. The third-order valence-electron chi connectivity index (χ3n) is 7.78. The van der Waals surface area contributed by atoms with Crippen molar-refractivity contribution in [2.45, 2.75) is 65.0 Å². The summed E-state index contributed by atoms with van der Waals surface area (Å²) in [5.41, 5.74) is 5.54. The number of anilines is 2. The van der Waals surface area contributed by atoms with Gasteiger partial charge in [0.25, 0.3) is 0 Å². The highest BCUT2D eigenvalue weighted by Gasteiger charge is 2.44. The molecule has 0 bridgehead atoms. The molecule has 3 atom stereocenters. The van der Waals surface area contributed by atoms with E-state index in [1.54, 1.807) is 0 Å². The van der Waals surface area contributed by atoms with Crippen molar-refractivity contribution < 1.29 is 0 Å². The van der Waals surface area contributed by atoms with Crippen LogP contribution < -0.4 is 9.34 Å². The second-order valence-corrected chi connectivity index (χ2v) is 13.2. The third kappa shape index (κ3) is 5.40. The number of nitrogens with zero attached hydrogens (tertiary/aromatic N) is 3. The summed E-state index contributed by atoms with van der Waals surface area (Å²) in [5, 5.41) is 1.37. The fraction of sp³-hybridized carbons (Fsp3) is 0.364. The fourth-order valence-electron chi connectivity index (χ4n) is 5.95. The summed E-state index contributed by atoms with van der Waals surface area (Å²) >= 11 is 5.64. The van der Waals surface area contributed by atoms with Crippen LogP contribution in [0.25, 0.3) is 10.9 Å². The molecule has 5 rings (SSSR count). The van der Waals surface area contributed by atoms with E-state index in [1.807, 2.05) is 0 Å².